The van der Waals surface area contributed by atoms with Gasteiger partial charge in [-0.2, -0.15) is 0 Å². The number of hydrogen-bond donors (Lipinski definition) is 0. The maximum atomic E-state index is 5.41. The minimum Gasteiger partial charge on any atom is -0.226 e. The Labute approximate surface area is 338 Å². The summed E-state index contributed by atoms with van der Waals surface area (Å²) in [5.74, 6) is 2.62. The van der Waals surface area contributed by atoms with Crippen LogP contribution in [0.2, 0.25) is 0 Å². The third-order valence-electron chi connectivity index (χ3n) is 10.6. The van der Waals surface area contributed by atoms with E-state index in [4.69, 9.17) is 24.9 Å². The van der Waals surface area contributed by atoms with Gasteiger partial charge in [-0.1, -0.05) is 121 Å². The molecule has 0 aliphatic carbocycles. The SMILES string of the molecule is c1ccc(-c2nc(-c3ccccc3)nc(-c3cccc4sc5ccc(-c6nc(-c7ccc8c(c7)sc7ccccc78)c7sc8ccccc8c7n6)cc5c34)n2)cc1. The van der Waals surface area contributed by atoms with Crippen molar-refractivity contribution in [3.8, 4) is 56.8 Å². The summed E-state index contributed by atoms with van der Waals surface area (Å²) in [4.78, 5) is 25.9. The van der Waals surface area contributed by atoms with E-state index in [0.29, 0.717) is 23.3 Å². The number of benzene rings is 7. The van der Waals surface area contributed by atoms with Crippen LogP contribution in [-0.4, -0.2) is 24.9 Å². The van der Waals surface area contributed by atoms with Crippen molar-refractivity contribution < 1.29 is 0 Å². The molecule has 0 aliphatic rings. The smallest absolute Gasteiger partial charge is 0.164 e. The van der Waals surface area contributed by atoms with E-state index in [9.17, 15) is 0 Å². The van der Waals surface area contributed by atoms with Crippen LogP contribution in [-0.2, 0) is 0 Å². The second-order valence-electron chi connectivity index (χ2n) is 14.0. The molecule has 0 radical (unpaired) electrons. The van der Waals surface area contributed by atoms with Gasteiger partial charge in [0.15, 0.2) is 23.3 Å². The van der Waals surface area contributed by atoms with Crippen LogP contribution in [0.1, 0.15) is 0 Å². The molecule has 0 atom stereocenters. The molecule has 0 saturated carbocycles. The maximum absolute atomic E-state index is 5.41. The summed E-state index contributed by atoms with van der Waals surface area (Å²) in [7, 11) is 0. The summed E-state index contributed by atoms with van der Waals surface area (Å²) < 4.78 is 7.20. The molecule has 7 aromatic carbocycles. The van der Waals surface area contributed by atoms with Crippen molar-refractivity contribution in [1.82, 2.24) is 24.9 Å². The van der Waals surface area contributed by atoms with E-state index in [2.05, 4.69) is 103 Å². The number of aromatic nitrogens is 5. The summed E-state index contributed by atoms with van der Waals surface area (Å²) in [6.07, 6.45) is 0. The summed E-state index contributed by atoms with van der Waals surface area (Å²) in [6.45, 7) is 0. The Balaban J connectivity index is 1.07. The lowest BCUT2D eigenvalue weighted by molar-refractivity contribution is 1.08. The average Bonchev–Trinajstić information content (AvgIpc) is 3.97. The van der Waals surface area contributed by atoms with E-state index in [-0.39, 0.29) is 0 Å². The van der Waals surface area contributed by atoms with Gasteiger partial charge in [-0.25, -0.2) is 24.9 Å². The summed E-state index contributed by atoms with van der Waals surface area (Å²) in [6, 6.07) is 57.3. The van der Waals surface area contributed by atoms with Crippen molar-refractivity contribution in [3.63, 3.8) is 0 Å². The normalized spacial score (nSPS) is 11.9. The van der Waals surface area contributed by atoms with Crippen LogP contribution in [0.15, 0.2) is 164 Å². The maximum Gasteiger partial charge on any atom is 0.164 e. The standard InChI is InChI=1S/C49H27N5S3/c1-3-12-28(13-4-1)46-52-47(29-14-5-2-6-15-29)54-49(53-46)35-18-11-21-40-42(35)36-26-31(23-25-39(36)55-40)48-50-43(45-44(51-48)34-17-8-10-20-38(34)57-45)30-22-24-33-32-16-7-9-19-37(32)56-41(33)27-30/h1-27H. The Hall–Kier alpha value is -6.71. The van der Waals surface area contributed by atoms with Crippen molar-refractivity contribution in [2.24, 2.45) is 0 Å². The predicted molar refractivity (Wildman–Crippen MR) is 241 cm³/mol. The van der Waals surface area contributed by atoms with E-state index < -0.39 is 0 Å². The highest BCUT2D eigenvalue weighted by atomic mass is 32.1. The van der Waals surface area contributed by atoms with E-state index in [1.165, 1.54) is 34.3 Å². The minimum atomic E-state index is 0.639. The van der Waals surface area contributed by atoms with E-state index >= 15 is 0 Å². The van der Waals surface area contributed by atoms with Gasteiger partial charge in [0, 0.05) is 78.2 Å². The largest absolute Gasteiger partial charge is 0.226 e. The fraction of sp³-hybridized carbons (Fsp3) is 0. The molecule has 0 fully saturated rings. The predicted octanol–water partition coefficient (Wildman–Crippen LogP) is 14.1. The van der Waals surface area contributed by atoms with Crippen molar-refractivity contribution in [3.05, 3.63) is 164 Å². The molecule has 0 spiro atoms. The third-order valence-corrected chi connectivity index (χ3v) is 14.0. The molecule has 0 saturated heterocycles. The fourth-order valence-electron chi connectivity index (χ4n) is 7.87. The Morgan fingerprint density at radius 2 is 0.895 bits per heavy atom. The summed E-state index contributed by atoms with van der Waals surface area (Å²) >= 11 is 5.37. The molecule has 8 heteroatoms. The van der Waals surface area contributed by atoms with Crippen LogP contribution >= 0.6 is 34.0 Å². The Morgan fingerprint density at radius 3 is 1.67 bits per heavy atom. The highest BCUT2D eigenvalue weighted by Gasteiger charge is 2.20. The van der Waals surface area contributed by atoms with Gasteiger partial charge >= 0.3 is 0 Å². The van der Waals surface area contributed by atoms with Gasteiger partial charge in [-0.15, -0.1) is 34.0 Å². The van der Waals surface area contributed by atoms with Gasteiger partial charge in [0.25, 0.3) is 0 Å². The van der Waals surface area contributed by atoms with Gasteiger partial charge in [-0.05, 0) is 42.5 Å². The van der Waals surface area contributed by atoms with Crippen molar-refractivity contribution >= 4 is 94.7 Å². The van der Waals surface area contributed by atoms with Crippen LogP contribution in [0.3, 0.4) is 0 Å². The number of hydrogen-bond acceptors (Lipinski definition) is 8. The van der Waals surface area contributed by atoms with Crippen molar-refractivity contribution in [1.29, 1.82) is 0 Å². The topological polar surface area (TPSA) is 64.5 Å². The van der Waals surface area contributed by atoms with Gasteiger partial charge in [0.05, 0.1) is 15.9 Å². The van der Waals surface area contributed by atoms with E-state index in [1.54, 1.807) is 22.7 Å². The number of nitrogens with zero attached hydrogens (tertiary/aromatic N) is 5. The minimum absolute atomic E-state index is 0.639. The first-order valence-electron chi connectivity index (χ1n) is 18.7. The molecule has 0 aliphatic heterocycles. The number of fused-ring (bicyclic) bond motifs is 9. The number of thiophene rings is 3. The molecule has 266 valence electrons. The molecule has 5 nitrogen and oxygen atoms in total. The van der Waals surface area contributed by atoms with Gasteiger partial charge < -0.3 is 0 Å². The van der Waals surface area contributed by atoms with Gasteiger partial charge in [0.1, 0.15) is 0 Å². The highest BCUT2D eigenvalue weighted by Crippen LogP contribution is 2.44. The fourth-order valence-corrected chi connectivity index (χ4v) is 11.3. The van der Waals surface area contributed by atoms with E-state index in [1.807, 2.05) is 72.0 Å². The zero-order valence-electron chi connectivity index (χ0n) is 30.0. The molecule has 57 heavy (non-hydrogen) atoms. The highest BCUT2D eigenvalue weighted by molar-refractivity contribution is 7.27. The van der Waals surface area contributed by atoms with Crippen LogP contribution in [0.5, 0.6) is 0 Å². The van der Waals surface area contributed by atoms with Crippen molar-refractivity contribution in [2.45, 2.75) is 0 Å². The molecular weight excluding hydrogens is 755 g/mol. The Kier molecular flexibility index (Phi) is 7.38. The Bertz CT molecular complexity index is 3480. The van der Waals surface area contributed by atoms with Crippen LogP contribution in [0, 0.1) is 0 Å². The second kappa shape index (κ2) is 12.9. The first-order chi connectivity index (χ1) is 28.2. The molecular formula is C49H27N5S3. The number of rotatable bonds is 5. The molecule has 12 rings (SSSR count). The molecule has 0 amide bonds. The average molecular weight is 782 g/mol. The molecule has 0 unspecified atom stereocenters. The van der Waals surface area contributed by atoms with E-state index in [0.717, 1.165) is 59.9 Å². The van der Waals surface area contributed by atoms with Crippen LogP contribution in [0.4, 0.5) is 0 Å². The summed E-state index contributed by atoms with van der Waals surface area (Å²) in [5.41, 5.74) is 6.84. The first kappa shape index (κ1) is 32.5. The third kappa shape index (κ3) is 5.37. The molecule has 5 aromatic heterocycles. The lowest BCUT2D eigenvalue weighted by Crippen LogP contribution is -2.00. The molecule has 0 bridgehead atoms. The van der Waals surface area contributed by atoms with Crippen LogP contribution in [0.25, 0.3) is 117 Å². The summed E-state index contributed by atoms with van der Waals surface area (Å²) in [5, 5.41) is 5.95. The molecule has 12 aromatic rings. The monoisotopic (exact) mass is 781 g/mol. The zero-order valence-corrected chi connectivity index (χ0v) is 32.5. The Morgan fingerprint density at radius 1 is 0.316 bits per heavy atom. The second-order valence-corrected chi connectivity index (χ2v) is 17.2. The lowest BCUT2D eigenvalue weighted by Gasteiger charge is -2.10. The van der Waals surface area contributed by atoms with Crippen molar-refractivity contribution in [2.75, 3.05) is 0 Å². The lowest BCUT2D eigenvalue weighted by atomic mass is 10.0. The van der Waals surface area contributed by atoms with Crippen LogP contribution < -0.4 is 0 Å². The van der Waals surface area contributed by atoms with Gasteiger partial charge in [0.2, 0.25) is 0 Å². The quantitative estimate of drug-likeness (QED) is 0.174. The molecule has 5 heterocycles. The zero-order chi connectivity index (χ0) is 37.5. The van der Waals surface area contributed by atoms with Gasteiger partial charge in [-0.3, -0.25) is 0 Å². The molecule has 0 N–H and O–H groups in total. The first-order valence-corrected chi connectivity index (χ1v) is 21.1.